The average molecular weight is 233 g/mol. The van der Waals surface area contributed by atoms with Crippen LogP contribution >= 0.6 is 0 Å². The van der Waals surface area contributed by atoms with E-state index in [1.165, 1.54) is 0 Å². The minimum absolute atomic E-state index is 0.128. The summed E-state index contributed by atoms with van der Waals surface area (Å²) < 4.78 is 0. The molecule has 4 nitrogen and oxygen atoms in total. The first-order valence-corrected chi connectivity index (χ1v) is 5.66. The zero-order valence-corrected chi connectivity index (χ0v) is 10.7. The van der Waals surface area contributed by atoms with E-state index in [2.05, 4.69) is 15.6 Å². The molecule has 0 aliphatic carbocycles. The molecular formula is C13H19N3O. The molecule has 0 spiro atoms. The molecule has 0 atom stereocenters. The second-order valence-electron chi connectivity index (χ2n) is 4.44. The van der Waals surface area contributed by atoms with Crippen LogP contribution in [0.3, 0.4) is 0 Å². The van der Waals surface area contributed by atoms with Gasteiger partial charge in [-0.25, -0.2) is 4.98 Å². The Bertz CT molecular complexity index is 403. The van der Waals surface area contributed by atoms with Crippen LogP contribution in [-0.2, 0) is 4.79 Å². The van der Waals surface area contributed by atoms with Gasteiger partial charge in [-0.15, -0.1) is 0 Å². The molecule has 92 valence electrons. The van der Waals surface area contributed by atoms with Crippen molar-refractivity contribution in [2.45, 2.75) is 33.7 Å². The maximum absolute atomic E-state index is 11.5. The third-order valence-electron chi connectivity index (χ3n) is 1.89. The van der Waals surface area contributed by atoms with Gasteiger partial charge in [0.1, 0.15) is 5.82 Å². The Morgan fingerprint density at radius 1 is 1.35 bits per heavy atom. The van der Waals surface area contributed by atoms with Crippen LogP contribution in [0, 0.1) is 0 Å². The topological polar surface area (TPSA) is 54.0 Å². The molecule has 0 aliphatic rings. The van der Waals surface area contributed by atoms with Gasteiger partial charge in [-0.3, -0.25) is 4.79 Å². The summed E-state index contributed by atoms with van der Waals surface area (Å²) in [6.07, 6.45) is 3.20. The number of carbonyl (C=O) groups is 1. The molecule has 1 aromatic heterocycles. The Kier molecular flexibility index (Phi) is 4.69. The van der Waals surface area contributed by atoms with E-state index < -0.39 is 0 Å². The van der Waals surface area contributed by atoms with Gasteiger partial charge >= 0.3 is 0 Å². The zero-order chi connectivity index (χ0) is 12.8. The fourth-order valence-electron chi connectivity index (χ4n) is 1.29. The molecule has 0 unspecified atom stereocenters. The van der Waals surface area contributed by atoms with Crippen LogP contribution in [0.15, 0.2) is 30.0 Å². The van der Waals surface area contributed by atoms with Crippen molar-refractivity contribution in [1.82, 2.24) is 4.98 Å². The molecule has 0 radical (unpaired) electrons. The first-order valence-electron chi connectivity index (χ1n) is 5.66. The van der Waals surface area contributed by atoms with E-state index in [0.29, 0.717) is 11.7 Å². The molecule has 4 heteroatoms. The van der Waals surface area contributed by atoms with Crippen molar-refractivity contribution in [1.29, 1.82) is 0 Å². The van der Waals surface area contributed by atoms with Gasteiger partial charge < -0.3 is 10.6 Å². The molecule has 2 N–H and O–H groups in total. The van der Waals surface area contributed by atoms with Crippen molar-refractivity contribution in [2.24, 2.45) is 0 Å². The molecule has 17 heavy (non-hydrogen) atoms. The van der Waals surface area contributed by atoms with Crippen LogP contribution in [0.4, 0.5) is 11.5 Å². The standard InChI is InChI=1S/C13H19N3O/c1-9(2)7-13(17)16-11-5-6-12(14-8-11)15-10(3)4/h5-8,10H,1-4H3,(H,14,15)(H,16,17). The van der Waals surface area contributed by atoms with E-state index in [9.17, 15) is 4.79 Å². The number of carbonyl (C=O) groups excluding carboxylic acids is 1. The van der Waals surface area contributed by atoms with Gasteiger partial charge in [0.05, 0.1) is 11.9 Å². The van der Waals surface area contributed by atoms with Crippen molar-refractivity contribution < 1.29 is 4.79 Å². The van der Waals surface area contributed by atoms with Gasteiger partial charge in [0.15, 0.2) is 0 Å². The van der Waals surface area contributed by atoms with Crippen LogP contribution in [-0.4, -0.2) is 16.9 Å². The molecule has 1 rings (SSSR count). The highest BCUT2D eigenvalue weighted by Gasteiger charge is 2.00. The number of allylic oxidation sites excluding steroid dienone is 1. The van der Waals surface area contributed by atoms with Crippen molar-refractivity contribution in [3.05, 3.63) is 30.0 Å². The number of hydrogen-bond acceptors (Lipinski definition) is 3. The maximum Gasteiger partial charge on any atom is 0.248 e. The molecule has 0 aliphatic heterocycles. The van der Waals surface area contributed by atoms with E-state index in [1.807, 2.05) is 39.8 Å². The monoisotopic (exact) mass is 233 g/mol. The summed E-state index contributed by atoms with van der Waals surface area (Å²) in [5, 5.41) is 5.93. The highest BCUT2D eigenvalue weighted by molar-refractivity contribution is 5.99. The number of anilines is 2. The number of aromatic nitrogens is 1. The van der Waals surface area contributed by atoms with E-state index in [4.69, 9.17) is 0 Å². The van der Waals surface area contributed by atoms with Crippen LogP contribution in [0.5, 0.6) is 0 Å². The highest BCUT2D eigenvalue weighted by atomic mass is 16.1. The summed E-state index contributed by atoms with van der Waals surface area (Å²) in [6.45, 7) is 7.86. The molecular weight excluding hydrogens is 214 g/mol. The smallest absolute Gasteiger partial charge is 0.248 e. The third-order valence-corrected chi connectivity index (χ3v) is 1.89. The molecule has 1 amide bonds. The summed E-state index contributed by atoms with van der Waals surface area (Å²) in [5.74, 6) is 0.677. The zero-order valence-electron chi connectivity index (χ0n) is 10.7. The van der Waals surface area contributed by atoms with Crippen molar-refractivity contribution in [3.63, 3.8) is 0 Å². The predicted molar refractivity (Wildman–Crippen MR) is 71.1 cm³/mol. The first-order chi connectivity index (χ1) is 7.97. The van der Waals surface area contributed by atoms with Gasteiger partial charge in [0.2, 0.25) is 5.91 Å². The number of nitrogens with zero attached hydrogens (tertiary/aromatic N) is 1. The van der Waals surface area contributed by atoms with Crippen molar-refractivity contribution >= 4 is 17.4 Å². The van der Waals surface area contributed by atoms with Crippen LogP contribution in [0.2, 0.25) is 0 Å². The number of nitrogens with one attached hydrogen (secondary N) is 2. The summed E-state index contributed by atoms with van der Waals surface area (Å²) in [5.41, 5.74) is 1.66. The quantitative estimate of drug-likeness (QED) is 0.786. The first kappa shape index (κ1) is 13.2. The summed E-state index contributed by atoms with van der Waals surface area (Å²) in [7, 11) is 0. The SMILES string of the molecule is CC(C)=CC(=O)Nc1ccc(NC(C)C)nc1. The van der Waals surface area contributed by atoms with Gasteiger partial charge in [-0.2, -0.15) is 0 Å². The predicted octanol–water partition coefficient (Wildman–Crippen LogP) is 2.81. The van der Waals surface area contributed by atoms with Crippen molar-refractivity contribution in [2.75, 3.05) is 10.6 Å². The van der Waals surface area contributed by atoms with Crippen molar-refractivity contribution in [3.8, 4) is 0 Å². The molecule has 0 bridgehead atoms. The number of pyridine rings is 1. The summed E-state index contributed by atoms with van der Waals surface area (Å²) in [6, 6.07) is 4.01. The van der Waals surface area contributed by atoms with Crippen LogP contribution in [0.25, 0.3) is 0 Å². The molecule has 1 aromatic rings. The minimum atomic E-state index is -0.128. The number of rotatable bonds is 4. The van der Waals surface area contributed by atoms with Gasteiger partial charge in [0, 0.05) is 12.1 Å². The molecule has 0 fully saturated rings. The molecule has 1 heterocycles. The Morgan fingerprint density at radius 3 is 2.53 bits per heavy atom. The lowest BCUT2D eigenvalue weighted by Crippen LogP contribution is -2.12. The fraction of sp³-hybridized carbons (Fsp3) is 0.385. The van der Waals surface area contributed by atoms with E-state index in [0.717, 1.165) is 11.4 Å². The minimum Gasteiger partial charge on any atom is -0.368 e. The van der Waals surface area contributed by atoms with Crippen LogP contribution in [0.1, 0.15) is 27.7 Å². The average Bonchev–Trinajstić information content (AvgIpc) is 2.18. The second kappa shape index (κ2) is 6.03. The number of amides is 1. The Morgan fingerprint density at radius 2 is 2.06 bits per heavy atom. The lowest BCUT2D eigenvalue weighted by molar-refractivity contribution is -0.111. The fourth-order valence-corrected chi connectivity index (χ4v) is 1.29. The van der Waals surface area contributed by atoms with E-state index in [-0.39, 0.29) is 5.91 Å². The Labute approximate surface area is 102 Å². The van der Waals surface area contributed by atoms with Crippen LogP contribution < -0.4 is 10.6 Å². The maximum atomic E-state index is 11.5. The van der Waals surface area contributed by atoms with E-state index >= 15 is 0 Å². The second-order valence-corrected chi connectivity index (χ2v) is 4.44. The normalized spacial score (nSPS) is 9.94. The largest absolute Gasteiger partial charge is 0.368 e. The number of hydrogen-bond donors (Lipinski definition) is 2. The lowest BCUT2D eigenvalue weighted by atomic mass is 10.3. The summed E-state index contributed by atoms with van der Waals surface area (Å²) >= 11 is 0. The third kappa shape index (κ3) is 5.15. The highest BCUT2D eigenvalue weighted by Crippen LogP contribution is 2.10. The Balaban J connectivity index is 2.62. The van der Waals surface area contributed by atoms with E-state index in [1.54, 1.807) is 12.3 Å². The molecule has 0 saturated heterocycles. The summed E-state index contributed by atoms with van der Waals surface area (Å²) in [4.78, 5) is 15.7. The molecule has 0 aromatic carbocycles. The molecule has 0 saturated carbocycles. The Hall–Kier alpha value is -1.84. The van der Waals surface area contributed by atoms with Gasteiger partial charge in [-0.05, 0) is 39.8 Å². The van der Waals surface area contributed by atoms with Gasteiger partial charge in [-0.1, -0.05) is 5.57 Å². The van der Waals surface area contributed by atoms with Gasteiger partial charge in [0.25, 0.3) is 0 Å². The lowest BCUT2D eigenvalue weighted by Gasteiger charge is -2.09.